The van der Waals surface area contributed by atoms with Crippen LogP contribution in [0.4, 0.5) is 0 Å². The summed E-state index contributed by atoms with van der Waals surface area (Å²) in [5.41, 5.74) is 0. The van der Waals surface area contributed by atoms with Gasteiger partial charge >= 0.3 is 0 Å². The summed E-state index contributed by atoms with van der Waals surface area (Å²) in [4.78, 5) is 0. The van der Waals surface area contributed by atoms with Crippen LogP contribution >= 0.6 is 0 Å². The van der Waals surface area contributed by atoms with Gasteiger partial charge in [0, 0.05) is 19.1 Å². The van der Waals surface area contributed by atoms with Crippen molar-refractivity contribution in [2.24, 2.45) is 5.92 Å². The lowest BCUT2D eigenvalue weighted by Crippen LogP contribution is -2.34. The van der Waals surface area contributed by atoms with Crippen molar-refractivity contribution >= 4 is 0 Å². The molecule has 0 saturated carbocycles. The highest BCUT2D eigenvalue weighted by Crippen LogP contribution is 2.26. The van der Waals surface area contributed by atoms with E-state index >= 15 is 0 Å². The van der Waals surface area contributed by atoms with Gasteiger partial charge in [0.25, 0.3) is 0 Å². The van der Waals surface area contributed by atoms with E-state index in [4.69, 9.17) is 9.47 Å². The first kappa shape index (κ1) is 8.48. The molecule has 2 aliphatic heterocycles. The maximum atomic E-state index is 9.42. The van der Waals surface area contributed by atoms with Gasteiger partial charge in [0.1, 0.15) is 0 Å². The summed E-state index contributed by atoms with van der Waals surface area (Å²) in [6, 6.07) is 0. The van der Waals surface area contributed by atoms with Crippen LogP contribution in [-0.4, -0.2) is 37.1 Å². The molecule has 1 N–H and O–H groups in total. The number of hydrogen-bond donors (Lipinski definition) is 1. The Morgan fingerprint density at radius 2 is 2.08 bits per heavy atom. The monoisotopic (exact) mass is 172 g/mol. The molecule has 0 spiro atoms. The Morgan fingerprint density at radius 1 is 1.17 bits per heavy atom. The van der Waals surface area contributed by atoms with Gasteiger partial charge < -0.3 is 14.6 Å². The summed E-state index contributed by atoms with van der Waals surface area (Å²) < 4.78 is 10.9. The first-order chi connectivity index (χ1) is 5.86. The van der Waals surface area contributed by atoms with Crippen LogP contribution in [0.3, 0.4) is 0 Å². The SMILES string of the molecule is O[C@@H]1CCO[C@@H]([C@@H]2CCOC2)C1. The predicted molar refractivity (Wildman–Crippen MR) is 43.9 cm³/mol. The quantitative estimate of drug-likeness (QED) is 0.628. The minimum Gasteiger partial charge on any atom is -0.393 e. The molecule has 3 atom stereocenters. The smallest absolute Gasteiger partial charge is 0.0650 e. The first-order valence-corrected chi connectivity index (χ1v) is 4.73. The second kappa shape index (κ2) is 3.73. The molecule has 3 nitrogen and oxygen atoms in total. The molecule has 3 heteroatoms. The molecule has 12 heavy (non-hydrogen) atoms. The molecule has 70 valence electrons. The Balaban J connectivity index is 1.85. The van der Waals surface area contributed by atoms with Gasteiger partial charge in [-0.15, -0.1) is 0 Å². The fourth-order valence-corrected chi connectivity index (χ4v) is 1.98. The molecule has 0 radical (unpaired) electrons. The van der Waals surface area contributed by atoms with Crippen LogP contribution < -0.4 is 0 Å². The number of ether oxygens (including phenoxy) is 2. The largest absolute Gasteiger partial charge is 0.393 e. The molecule has 0 aliphatic carbocycles. The lowest BCUT2D eigenvalue weighted by Gasteiger charge is -2.29. The van der Waals surface area contributed by atoms with E-state index in [-0.39, 0.29) is 12.2 Å². The zero-order chi connectivity index (χ0) is 8.39. The highest BCUT2D eigenvalue weighted by molar-refractivity contribution is 4.79. The zero-order valence-electron chi connectivity index (χ0n) is 7.24. The predicted octanol–water partition coefficient (Wildman–Crippen LogP) is 0.563. The van der Waals surface area contributed by atoms with Gasteiger partial charge in [-0.2, -0.15) is 0 Å². The van der Waals surface area contributed by atoms with Crippen molar-refractivity contribution in [2.45, 2.75) is 31.5 Å². The van der Waals surface area contributed by atoms with Gasteiger partial charge in [0.05, 0.1) is 18.8 Å². The van der Waals surface area contributed by atoms with Crippen molar-refractivity contribution in [3.05, 3.63) is 0 Å². The molecule has 2 fully saturated rings. The van der Waals surface area contributed by atoms with E-state index in [1.54, 1.807) is 0 Å². The Kier molecular flexibility index (Phi) is 2.63. The first-order valence-electron chi connectivity index (χ1n) is 4.73. The van der Waals surface area contributed by atoms with Crippen molar-refractivity contribution in [1.82, 2.24) is 0 Å². The van der Waals surface area contributed by atoms with E-state index in [0.29, 0.717) is 12.5 Å². The Hall–Kier alpha value is -0.120. The molecule has 0 aromatic carbocycles. The Labute approximate surface area is 72.7 Å². The Morgan fingerprint density at radius 3 is 2.75 bits per heavy atom. The lowest BCUT2D eigenvalue weighted by atomic mass is 9.94. The Bertz CT molecular complexity index is 143. The molecule has 2 saturated heterocycles. The average Bonchev–Trinajstić information content (AvgIpc) is 2.56. The summed E-state index contributed by atoms with van der Waals surface area (Å²) >= 11 is 0. The average molecular weight is 172 g/mol. The molecule has 2 aliphatic rings. The third-order valence-corrected chi connectivity index (χ3v) is 2.78. The second-order valence-electron chi connectivity index (χ2n) is 3.71. The van der Waals surface area contributed by atoms with Crippen LogP contribution in [0.15, 0.2) is 0 Å². The maximum Gasteiger partial charge on any atom is 0.0650 e. The molecule has 0 bridgehead atoms. The van der Waals surface area contributed by atoms with E-state index in [1.165, 1.54) is 0 Å². The summed E-state index contributed by atoms with van der Waals surface area (Å²) in [6.45, 7) is 2.39. The molecule has 0 aromatic rings. The maximum absolute atomic E-state index is 9.42. The van der Waals surface area contributed by atoms with Gasteiger partial charge in [-0.05, 0) is 19.3 Å². The van der Waals surface area contributed by atoms with E-state index in [1.807, 2.05) is 0 Å². The van der Waals surface area contributed by atoms with Crippen molar-refractivity contribution in [1.29, 1.82) is 0 Å². The molecular weight excluding hydrogens is 156 g/mol. The second-order valence-corrected chi connectivity index (χ2v) is 3.71. The van der Waals surface area contributed by atoms with E-state index in [2.05, 4.69) is 0 Å². The summed E-state index contributed by atoms with van der Waals surface area (Å²) in [5, 5.41) is 9.42. The van der Waals surface area contributed by atoms with Gasteiger partial charge in [-0.3, -0.25) is 0 Å². The van der Waals surface area contributed by atoms with Crippen LogP contribution in [0, 0.1) is 5.92 Å². The number of aliphatic hydroxyl groups excluding tert-OH is 1. The van der Waals surface area contributed by atoms with E-state index < -0.39 is 0 Å². The summed E-state index contributed by atoms with van der Waals surface area (Å²) in [5.74, 6) is 0.528. The number of aliphatic hydroxyl groups is 1. The zero-order valence-corrected chi connectivity index (χ0v) is 7.24. The van der Waals surface area contributed by atoms with Gasteiger partial charge in [0.15, 0.2) is 0 Å². The van der Waals surface area contributed by atoms with Crippen molar-refractivity contribution in [2.75, 3.05) is 19.8 Å². The van der Waals surface area contributed by atoms with Crippen LogP contribution in [0.1, 0.15) is 19.3 Å². The highest BCUT2D eigenvalue weighted by Gasteiger charge is 2.30. The lowest BCUT2D eigenvalue weighted by molar-refractivity contribution is -0.0696. The molecule has 2 heterocycles. The van der Waals surface area contributed by atoms with Crippen molar-refractivity contribution < 1.29 is 14.6 Å². The molecule has 0 amide bonds. The normalized spacial score (nSPS) is 43.2. The minimum absolute atomic E-state index is 0.149. The number of hydrogen-bond acceptors (Lipinski definition) is 3. The van der Waals surface area contributed by atoms with Crippen LogP contribution in [0.2, 0.25) is 0 Å². The van der Waals surface area contributed by atoms with Crippen LogP contribution in [0.25, 0.3) is 0 Å². The topological polar surface area (TPSA) is 38.7 Å². The van der Waals surface area contributed by atoms with Gasteiger partial charge in [0.2, 0.25) is 0 Å². The van der Waals surface area contributed by atoms with E-state index in [9.17, 15) is 5.11 Å². The fourth-order valence-electron chi connectivity index (χ4n) is 1.98. The molecule has 0 unspecified atom stereocenters. The fraction of sp³-hybridized carbons (Fsp3) is 1.00. The molecular formula is C9H16O3. The van der Waals surface area contributed by atoms with Gasteiger partial charge in [-0.1, -0.05) is 0 Å². The van der Waals surface area contributed by atoms with E-state index in [0.717, 1.165) is 32.5 Å². The van der Waals surface area contributed by atoms with Crippen molar-refractivity contribution in [3.8, 4) is 0 Å². The molecule has 2 rings (SSSR count). The third-order valence-electron chi connectivity index (χ3n) is 2.78. The molecule has 0 aromatic heterocycles. The standard InChI is InChI=1S/C9H16O3/c10-8-2-4-12-9(5-8)7-1-3-11-6-7/h7-10H,1-6H2/t7-,8-,9-/m1/s1. The number of rotatable bonds is 1. The summed E-state index contributed by atoms with van der Waals surface area (Å²) in [6.07, 6.45) is 2.79. The van der Waals surface area contributed by atoms with Crippen LogP contribution in [0.5, 0.6) is 0 Å². The van der Waals surface area contributed by atoms with Crippen molar-refractivity contribution in [3.63, 3.8) is 0 Å². The summed E-state index contributed by atoms with van der Waals surface area (Å²) in [7, 11) is 0. The van der Waals surface area contributed by atoms with Gasteiger partial charge in [-0.25, -0.2) is 0 Å². The third kappa shape index (κ3) is 1.79. The minimum atomic E-state index is -0.149. The van der Waals surface area contributed by atoms with Crippen LogP contribution in [-0.2, 0) is 9.47 Å². The highest BCUT2D eigenvalue weighted by atomic mass is 16.5.